The van der Waals surface area contributed by atoms with Gasteiger partial charge < -0.3 is 5.41 Å². The Kier molecular flexibility index (Phi) is 4.27. The Morgan fingerprint density at radius 1 is 1.17 bits per heavy atom. The third-order valence-corrected chi connectivity index (χ3v) is 5.89. The van der Waals surface area contributed by atoms with Crippen LogP contribution in [-0.2, 0) is 0 Å². The van der Waals surface area contributed by atoms with Gasteiger partial charge in [0.05, 0.1) is 23.9 Å². The Labute approximate surface area is 149 Å². The first kappa shape index (κ1) is 16.4. The van der Waals surface area contributed by atoms with E-state index in [4.69, 9.17) is 5.41 Å². The SMILES string of the molecule is N#C[C@H]1C(=N)C(C#N)(C#N)[C@H](c2ccccc2Br)[C@@H]2CCCC=C12. The molecule has 118 valence electrons. The van der Waals surface area contributed by atoms with Crippen LogP contribution in [0.3, 0.4) is 0 Å². The number of nitrogens with zero attached hydrogens (tertiary/aromatic N) is 3. The zero-order valence-electron chi connectivity index (χ0n) is 13.0. The molecule has 2 aliphatic rings. The Balaban J connectivity index is 2.29. The second-order valence-corrected chi connectivity index (χ2v) is 7.10. The second kappa shape index (κ2) is 6.23. The van der Waals surface area contributed by atoms with Crippen LogP contribution in [0, 0.1) is 56.7 Å². The van der Waals surface area contributed by atoms with Crippen molar-refractivity contribution >= 4 is 21.6 Å². The van der Waals surface area contributed by atoms with Gasteiger partial charge in [-0.15, -0.1) is 0 Å². The normalized spacial score (nSPS) is 27.8. The van der Waals surface area contributed by atoms with Crippen LogP contribution in [0.4, 0.5) is 0 Å². The largest absolute Gasteiger partial charge is 0.305 e. The molecule has 0 unspecified atom stereocenters. The first-order chi connectivity index (χ1) is 11.6. The van der Waals surface area contributed by atoms with Crippen molar-refractivity contribution < 1.29 is 0 Å². The summed E-state index contributed by atoms with van der Waals surface area (Å²) in [7, 11) is 0. The van der Waals surface area contributed by atoms with Crippen molar-refractivity contribution in [1.29, 1.82) is 21.2 Å². The molecule has 2 aliphatic carbocycles. The van der Waals surface area contributed by atoms with Gasteiger partial charge in [0.15, 0.2) is 5.41 Å². The number of hydrogen-bond donors (Lipinski definition) is 1. The fraction of sp³-hybridized carbons (Fsp3) is 0.368. The number of halogens is 1. The third-order valence-electron chi connectivity index (χ3n) is 5.17. The molecule has 0 radical (unpaired) electrons. The van der Waals surface area contributed by atoms with Gasteiger partial charge in [-0.3, -0.25) is 0 Å². The average Bonchev–Trinajstić information content (AvgIpc) is 2.62. The van der Waals surface area contributed by atoms with Gasteiger partial charge in [0.2, 0.25) is 0 Å². The Hall–Kier alpha value is -2.42. The monoisotopic (exact) mass is 378 g/mol. The van der Waals surface area contributed by atoms with Crippen molar-refractivity contribution in [2.24, 2.45) is 17.3 Å². The minimum atomic E-state index is -1.61. The number of allylic oxidation sites excluding steroid dienone is 2. The molecule has 0 saturated heterocycles. The highest BCUT2D eigenvalue weighted by molar-refractivity contribution is 9.10. The number of benzene rings is 1. The van der Waals surface area contributed by atoms with Crippen LogP contribution in [0.5, 0.6) is 0 Å². The number of rotatable bonds is 1. The standard InChI is InChI=1S/C19H15BrN4/c20-16-8-4-3-7-14(16)17-13-6-2-1-5-12(13)15(9-21)18(24)19(17,10-22)11-23/h3-5,7-8,13,15,17,24H,1-2,6H2/t13-,15-,17+/m1/s1. The molecule has 3 rings (SSSR count). The maximum atomic E-state index is 9.88. The van der Waals surface area contributed by atoms with Crippen molar-refractivity contribution in [3.8, 4) is 18.2 Å². The summed E-state index contributed by atoms with van der Waals surface area (Å²) in [5, 5.41) is 37.8. The summed E-state index contributed by atoms with van der Waals surface area (Å²) in [4.78, 5) is 0. The summed E-state index contributed by atoms with van der Waals surface area (Å²) >= 11 is 3.54. The van der Waals surface area contributed by atoms with Gasteiger partial charge in [0.1, 0.15) is 5.92 Å². The number of hydrogen-bond acceptors (Lipinski definition) is 4. The summed E-state index contributed by atoms with van der Waals surface area (Å²) in [6, 6.07) is 13.9. The highest BCUT2D eigenvalue weighted by atomic mass is 79.9. The lowest BCUT2D eigenvalue weighted by atomic mass is 9.53. The van der Waals surface area contributed by atoms with Gasteiger partial charge in [0, 0.05) is 10.4 Å². The highest BCUT2D eigenvalue weighted by Gasteiger charge is 2.57. The molecule has 0 aliphatic heterocycles. The van der Waals surface area contributed by atoms with Crippen molar-refractivity contribution in [2.45, 2.75) is 25.2 Å². The first-order valence-corrected chi connectivity index (χ1v) is 8.65. The van der Waals surface area contributed by atoms with E-state index in [-0.39, 0.29) is 11.6 Å². The predicted octanol–water partition coefficient (Wildman–Crippen LogP) is 4.47. The van der Waals surface area contributed by atoms with Crippen molar-refractivity contribution in [1.82, 2.24) is 0 Å². The van der Waals surface area contributed by atoms with Crippen LogP contribution in [0.15, 0.2) is 40.4 Å². The number of nitrogens with one attached hydrogen (secondary N) is 1. The zero-order chi connectivity index (χ0) is 17.3. The van der Waals surface area contributed by atoms with Gasteiger partial charge in [-0.05, 0) is 42.4 Å². The lowest BCUT2D eigenvalue weighted by molar-refractivity contribution is 0.319. The van der Waals surface area contributed by atoms with Gasteiger partial charge in [-0.25, -0.2) is 0 Å². The van der Waals surface area contributed by atoms with Crippen molar-refractivity contribution in [3.63, 3.8) is 0 Å². The molecule has 24 heavy (non-hydrogen) atoms. The maximum Gasteiger partial charge on any atom is 0.189 e. The van der Waals surface area contributed by atoms with E-state index in [9.17, 15) is 15.8 Å². The van der Waals surface area contributed by atoms with E-state index < -0.39 is 17.3 Å². The van der Waals surface area contributed by atoms with E-state index in [1.807, 2.05) is 30.3 Å². The van der Waals surface area contributed by atoms with E-state index in [1.54, 1.807) is 0 Å². The minimum absolute atomic E-state index is 0.0597. The van der Waals surface area contributed by atoms with Gasteiger partial charge in [-0.2, -0.15) is 15.8 Å². The van der Waals surface area contributed by atoms with Crippen molar-refractivity contribution in [2.75, 3.05) is 0 Å². The van der Waals surface area contributed by atoms with Crippen LogP contribution < -0.4 is 0 Å². The number of fused-ring (bicyclic) bond motifs is 1. The number of nitriles is 3. The van der Waals surface area contributed by atoms with Crippen LogP contribution in [0.1, 0.15) is 30.7 Å². The lowest BCUT2D eigenvalue weighted by Crippen LogP contribution is -2.48. The van der Waals surface area contributed by atoms with Crippen LogP contribution in [0.2, 0.25) is 0 Å². The van der Waals surface area contributed by atoms with E-state index in [0.29, 0.717) is 0 Å². The molecule has 5 heteroatoms. The zero-order valence-corrected chi connectivity index (χ0v) is 14.5. The Morgan fingerprint density at radius 2 is 1.88 bits per heavy atom. The molecule has 0 amide bonds. The quantitative estimate of drug-likeness (QED) is 0.730. The Morgan fingerprint density at radius 3 is 2.50 bits per heavy atom. The van der Waals surface area contributed by atoms with E-state index >= 15 is 0 Å². The minimum Gasteiger partial charge on any atom is -0.305 e. The van der Waals surface area contributed by atoms with Crippen LogP contribution in [0.25, 0.3) is 0 Å². The fourth-order valence-electron chi connectivity index (χ4n) is 4.08. The van der Waals surface area contributed by atoms with Gasteiger partial charge >= 0.3 is 0 Å². The summed E-state index contributed by atoms with van der Waals surface area (Å²) in [6.07, 6.45) is 4.72. The molecule has 0 spiro atoms. The van der Waals surface area contributed by atoms with E-state index in [1.165, 1.54) is 0 Å². The smallest absolute Gasteiger partial charge is 0.189 e. The maximum absolute atomic E-state index is 9.88. The average molecular weight is 379 g/mol. The van der Waals surface area contributed by atoms with Gasteiger partial charge in [-0.1, -0.05) is 40.2 Å². The van der Waals surface area contributed by atoms with Crippen LogP contribution >= 0.6 is 15.9 Å². The molecule has 4 nitrogen and oxygen atoms in total. The second-order valence-electron chi connectivity index (χ2n) is 6.25. The van der Waals surface area contributed by atoms with E-state index in [2.05, 4.69) is 34.1 Å². The molecule has 1 aromatic rings. The molecule has 1 fully saturated rings. The molecule has 0 heterocycles. The van der Waals surface area contributed by atoms with Crippen LogP contribution in [-0.4, -0.2) is 5.71 Å². The summed E-state index contributed by atoms with van der Waals surface area (Å²) < 4.78 is 0.831. The molecule has 1 aromatic carbocycles. The first-order valence-electron chi connectivity index (χ1n) is 7.86. The Bertz CT molecular complexity index is 835. The molecule has 0 aromatic heterocycles. The lowest BCUT2D eigenvalue weighted by Gasteiger charge is -2.46. The summed E-state index contributed by atoms with van der Waals surface area (Å²) in [6.45, 7) is 0. The highest BCUT2D eigenvalue weighted by Crippen LogP contribution is 2.56. The molecule has 1 saturated carbocycles. The third kappa shape index (κ3) is 2.19. The molecule has 0 bridgehead atoms. The summed E-state index contributed by atoms with van der Waals surface area (Å²) in [5.74, 6) is -1.27. The molecule has 3 atom stereocenters. The molecule has 1 N–H and O–H groups in total. The topological polar surface area (TPSA) is 95.2 Å². The fourth-order valence-corrected chi connectivity index (χ4v) is 4.61. The van der Waals surface area contributed by atoms with Gasteiger partial charge in [0.25, 0.3) is 0 Å². The molecular formula is C19H15BrN4. The predicted molar refractivity (Wildman–Crippen MR) is 92.8 cm³/mol. The summed E-state index contributed by atoms with van der Waals surface area (Å²) in [5.41, 5.74) is 0.0826. The molecular weight excluding hydrogens is 364 g/mol. The van der Waals surface area contributed by atoms with Crippen molar-refractivity contribution in [3.05, 3.63) is 46.0 Å². The van der Waals surface area contributed by atoms with E-state index in [0.717, 1.165) is 34.9 Å².